The number of hydrogen-bond donors (Lipinski definition) is 0. The minimum atomic E-state index is -0.204. The Morgan fingerprint density at radius 2 is 1.88 bits per heavy atom. The molecule has 4 rings (SSSR count). The first-order chi connectivity index (χ1) is 20.9. The number of anilines is 1. The molecule has 43 heavy (non-hydrogen) atoms. The molecule has 1 fully saturated rings. The highest BCUT2D eigenvalue weighted by molar-refractivity contribution is 7.19. The van der Waals surface area contributed by atoms with Crippen molar-refractivity contribution in [3.05, 3.63) is 71.7 Å². The number of unbranched alkanes of at least 4 members (excludes halogenated alkanes) is 3. The van der Waals surface area contributed by atoms with Crippen LogP contribution in [0, 0.1) is 28.6 Å². The quantitative estimate of drug-likeness (QED) is 0.0883. The molecule has 0 bridgehead atoms. The number of thiazole rings is 1. The van der Waals surface area contributed by atoms with E-state index in [0.29, 0.717) is 30.6 Å². The lowest BCUT2D eigenvalue weighted by Gasteiger charge is -2.42. The zero-order valence-corrected chi connectivity index (χ0v) is 26.8. The Kier molecular flexibility index (Phi) is 11.3. The average molecular weight is 598 g/mol. The Bertz CT molecular complexity index is 1410. The molecule has 1 aromatic carbocycles. The summed E-state index contributed by atoms with van der Waals surface area (Å²) < 4.78 is -0.204. The van der Waals surface area contributed by atoms with E-state index >= 15 is 0 Å². The summed E-state index contributed by atoms with van der Waals surface area (Å²) in [5.74, 6) is 0.936. The van der Waals surface area contributed by atoms with Crippen molar-refractivity contribution < 1.29 is 4.70 Å². The van der Waals surface area contributed by atoms with E-state index in [1.807, 2.05) is 42.4 Å². The normalized spacial score (nSPS) is 21.7. The second-order valence-corrected chi connectivity index (χ2v) is 12.5. The number of aromatic nitrogens is 1. The van der Waals surface area contributed by atoms with Crippen molar-refractivity contribution in [1.29, 1.82) is 10.5 Å². The van der Waals surface area contributed by atoms with Crippen LogP contribution in [-0.4, -0.2) is 34.8 Å². The Morgan fingerprint density at radius 1 is 1.12 bits per heavy atom. The van der Waals surface area contributed by atoms with Gasteiger partial charge in [0.05, 0.1) is 17.5 Å². The molecule has 1 aromatic heterocycles. The van der Waals surface area contributed by atoms with Crippen molar-refractivity contribution in [3.63, 3.8) is 0 Å². The number of benzene rings is 1. The fourth-order valence-electron chi connectivity index (χ4n) is 6.23. The molecule has 0 radical (unpaired) electrons. The molecular formula is C34H45N8S+. The van der Waals surface area contributed by atoms with E-state index in [-0.39, 0.29) is 10.4 Å². The molecule has 0 saturated heterocycles. The van der Waals surface area contributed by atoms with Crippen LogP contribution in [0.2, 0.25) is 0 Å². The highest BCUT2D eigenvalue weighted by Crippen LogP contribution is 2.48. The zero-order valence-electron chi connectivity index (χ0n) is 26.0. The number of hydrogen-bond acceptors (Lipinski definition) is 8. The number of nitrogens with zero attached hydrogens (tertiary/aromatic N) is 8. The summed E-state index contributed by atoms with van der Waals surface area (Å²) in [5, 5.41) is 33.1. The number of rotatable bonds is 15. The second kappa shape index (κ2) is 15.1. The lowest BCUT2D eigenvalue weighted by Crippen LogP contribution is -2.59. The first-order valence-corrected chi connectivity index (χ1v) is 16.5. The molecule has 2 aliphatic rings. The van der Waals surface area contributed by atoms with Crippen LogP contribution in [-0.2, 0) is 6.54 Å². The molecule has 0 spiro atoms. The maximum Gasteiger partial charge on any atom is 0.303 e. The van der Waals surface area contributed by atoms with Gasteiger partial charge in [0.1, 0.15) is 13.1 Å². The van der Waals surface area contributed by atoms with Gasteiger partial charge in [-0.2, -0.15) is 15.5 Å². The largest absolute Gasteiger partial charge is 0.345 e. The van der Waals surface area contributed by atoms with Crippen molar-refractivity contribution in [1.82, 2.24) is 9.99 Å². The third kappa shape index (κ3) is 7.06. The first-order valence-electron chi connectivity index (χ1n) is 15.6. The monoisotopic (exact) mass is 597 g/mol. The van der Waals surface area contributed by atoms with Crippen LogP contribution >= 0.6 is 11.3 Å². The van der Waals surface area contributed by atoms with Gasteiger partial charge < -0.3 is 4.90 Å². The van der Waals surface area contributed by atoms with Gasteiger partial charge in [-0.25, -0.2) is 4.98 Å². The molecule has 3 unspecified atom stereocenters. The van der Waals surface area contributed by atoms with Gasteiger partial charge >= 0.3 is 5.70 Å². The maximum absolute atomic E-state index is 10.0. The van der Waals surface area contributed by atoms with Crippen molar-refractivity contribution in [2.24, 2.45) is 16.3 Å². The maximum atomic E-state index is 10.0. The fraction of sp³-hybridized carbons (Fsp3) is 0.500. The summed E-state index contributed by atoms with van der Waals surface area (Å²) in [6, 6.07) is 12.4. The van der Waals surface area contributed by atoms with Gasteiger partial charge in [0.2, 0.25) is 5.70 Å². The van der Waals surface area contributed by atoms with Crippen molar-refractivity contribution in [2.75, 3.05) is 25.0 Å². The molecule has 1 saturated carbocycles. The van der Waals surface area contributed by atoms with E-state index in [2.05, 4.69) is 44.0 Å². The van der Waals surface area contributed by atoms with Gasteiger partial charge in [0, 0.05) is 19.0 Å². The molecule has 9 heteroatoms. The van der Waals surface area contributed by atoms with Crippen molar-refractivity contribution in [3.8, 4) is 12.1 Å². The average Bonchev–Trinajstić information content (AvgIpc) is 3.46. The zero-order chi connectivity index (χ0) is 30.8. The van der Waals surface area contributed by atoms with Gasteiger partial charge in [-0.05, 0) is 47.9 Å². The fourth-order valence-corrected chi connectivity index (χ4v) is 7.26. The summed E-state index contributed by atoms with van der Waals surface area (Å²) in [5.41, 5.74) is 3.67. The standard InChI is InChI=1S/C34H45N8S/c1-6-10-11-12-15-28-16-13-14-17-29(28)32-33(43-34(37-32)40(9-4)22-7-2)38-39-42(5)31(24-36)30(23-35)41(42)25-27-20-18-26(8-3)19-21-27/h7-8,18-21,28-29H,2-3,6,9-17,22,25H2,1,4-5H3/q+1. The summed E-state index contributed by atoms with van der Waals surface area (Å²) in [4.78, 5) is 7.44. The molecule has 2 heterocycles. The molecule has 1 aliphatic heterocycles. The van der Waals surface area contributed by atoms with E-state index in [9.17, 15) is 10.5 Å². The summed E-state index contributed by atoms with van der Waals surface area (Å²) in [6.45, 7) is 14.1. The molecule has 226 valence electrons. The smallest absolute Gasteiger partial charge is 0.303 e. The van der Waals surface area contributed by atoms with Crippen LogP contribution in [0.5, 0.6) is 0 Å². The Hall–Kier alpha value is -3.79. The molecule has 0 N–H and O–H groups in total. The highest BCUT2D eigenvalue weighted by atomic mass is 32.1. The predicted octanol–water partition coefficient (Wildman–Crippen LogP) is 9.18. The summed E-state index contributed by atoms with van der Waals surface area (Å²) in [7, 11) is 1.82. The molecule has 8 nitrogen and oxygen atoms in total. The molecule has 2 aromatic rings. The number of quaternary nitrogens is 1. The van der Waals surface area contributed by atoms with E-state index in [1.165, 1.54) is 51.4 Å². The number of allylic oxidation sites excluding steroid dienone is 2. The van der Waals surface area contributed by atoms with Gasteiger partial charge in [-0.3, -0.25) is 0 Å². The highest BCUT2D eigenvalue weighted by Gasteiger charge is 2.53. The lowest BCUT2D eigenvalue weighted by atomic mass is 9.75. The Balaban J connectivity index is 1.69. The Labute approximate surface area is 261 Å². The minimum absolute atomic E-state index is 0.204. The number of likely N-dealkylation sites (N-methyl/N-ethyl adjacent to an activating group) is 1. The third-order valence-electron chi connectivity index (χ3n) is 8.76. The van der Waals surface area contributed by atoms with E-state index in [1.54, 1.807) is 17.4 Å². The van der Waals surface area contributed by atoms with Gasteiger partial charge in [0.15, 0.2) is 16.2 Å². The Morgan fingerprint density at radius 3 is 2.53 bits per heavy atom. The molecule has 3 atom stereocenters. The van der Waals surface area contributed by atoms with Gasteiger partial charge in [-0.1, -0.05) is 105 Å². The minimum Gasteiger partial charge on any atom is -0.345 e. The summed E-state index contributed by atoms with van der Waals surface area (Å²) in [6.07, 6.45) is 14.8. The first kappa shape index (κ1) is 32.1. The van der Waals surface area contributed by atoms with Gasteiger partial charge in [-0.15, -0.1) is 6.58 Å². The van der Waals surface area contributed by atoms with E-state index in [0.717, 1.165) is 39.9 Å². The van der Waals surface area contributed by atoms with Crippen LogP contribution in [0.15, 0.2) is 65.2 Å². The second-order valence-electron chi connectivity index (χ2n) is 11.5. The van der Waals surface area contributed by atoms with E-state index < -0.39 is 0 Å². The molecule has 1 aliphatic carbocycles. The van der Waals surface area contributed by atoms with E-state index in [4.69, 9.17) is 15.3 Å². The number of nitriles is 2. The van der Waals surface area contributed by atoms with Crippen LogP contribution < -0.4 is 4.90 Å². The topological polar surface area (TPSA) is 91.7 Å². The third-order valence-corrected chi connectivity index (χ3v) is 9.78. The predicted molar refractivity (Wildman–Crippen MR) is 175 cm³/mol. The van der Waals surface area contributed by atoms with Crippen LogP contribution in [0.25, 0.3) is 6.08 Å². The lowest BCUT2D eigenvalue weighted by molar-refractivity contribution is -1.01. The van der Waals surface area contributed by atoms with Crippen LogP contribution in [0.3, 0.4) is 0 Å². The summed E-state index contributed by atoms with van der Waals surface area (Å²) >= 11 is 1.56. The SMILES string of the molecule is C=CCN(CC)c1nc(C2CCCCC2CCCCCC)c(N=N[N+]2(C)C(C#N)=C(C#N)N2Cc2ccc(C=C)cc2)s1. The van der Waals surface area contributed by atoms with Crippen molar-refractivity contribution in [2.45, 2.75) is 84.1 Å². The molecule has 0 amide bonds. The van der Waals surface area contributed by atoms with Gasteiger partial charge in [0.25, 0.3) is 0 Å². The van der Waals surface area contributed by atoms with Crippen LogP contribution in [0.1, 0.15) is 94.4 Å². The van der Waals surface area contributed by atoms with Crippen molar-refractivity contribution >= 4 is 27.5 Å². The molecular weight excluding hydrogens is 552 g/mol. The van der Waals surface area contributed by atoms with Crippen LogP contribution in [0.4, 0.5) is 10.1 Å².